The topological polar surface area (TPSA) is 59.2 Å². The molecule has 3 heterocycles. The predicted octanol–water partition coefficient (Wildman–Crippen LogP) is 5.35. The molecule has 7 aromatic rings. The van der Waals surface area contributed by atoms with Crippen LogP contribution in [-0.2, 0) is 13.1 Å². The predicted molar refractivity (Wildman–Crippen MR) is 164 cm³/mol. The van der Waals surface area contributed by atoms with Crippen molar-refractivity contribution in [3.05, 3.63) is 193 Å². The first-order chi connectivity index (χ1) is 21.3. The van der Waals surface area contributed by atoms with Crippen molar-refractivity contribution in [2.75, 3.05) is 0 Å². The highest BCUT2D eigenvalue weighted by atomic mass is 15.3. The van der Waals surface area contributed by atoms with E-state index in [2.05, 4.69) is 187 Å². The fourth-order valence-corrected chi connectivity index (χ4v) is 5.74. The van der Waals surface area contributed by atoms with Crippen LogP contribution in [0.2, 0.25) is 0 Å². The summed E-state index contributed by atoms with van der Waals surface area (Å²) in [5, 5.41) is 7.68. The number of H-pyrrole nitrogens is 1. The molecular weight excluding hydrogens is 530 g/mol. The first-order valence-corrected chi connectivity index (χ1v) is 14.5. The molecule has 0 unspecified atom stereocenters. The number of hydrogen-bond donors (Lipinski definition) is 1. The van der Waals surface area contributed by atoms with Crippen LogP contribution >= 0.6 is 0 Å². The van der Waals surface area contributed by atoms with Crippen molar-refractivity contribution in [3.8, 4) is 0 Å². The molecule has 0 spiro atoms. The molecular formula is C36H33N7+2. The minimum atomic E-state index is 0.0855. The maximum absolute atomic E-state index is 4.81. The van der Waals surface area contributed by atoms with Gasteiger partial charge >= 0.3 is 0 Å². The van der Waals surface area contributed by atoms with Crippen molar-refractivity contribution in [2.45, 2.75) is 25.2 Å². The maximum atomic E-state index is 4.81. The van der Waals surface area contributed by atoms with Crippen LogP contribution < -0.4 is 9.13 Å². The van der Waals surface area contributed by atoms with E-state index in [-0.39, 0.29) is 12.1 Å². The summed E-state index contributed by atoms with van der Waals surface area (Å²) in [4.78, 5) is 4.81. The number of aromatic amines is 1. The van der Waals surface area contributed by atoms with Gasteiger partial charge in [-0.1, -0.05) is 121 Å². The van der Waals surface area contributed by atoms with E-state index in [0.29, 0.717) is 13.1 Å². The summed E-state index contributed by atoms with van der Waals surface area (Å²) in [5.41, 5.74) is 4.96. The highest BCUT2D eigenvalue weighted by Gasteiger charge is 2.23. The highest BCUT2D eigenvalue weighted by molar-refractivity contribution is 5.33. The van der Waals surface area contributed by atoms with E-state index < -0.39 is 0 Å². The second-order valence-corrected chi connectivity index (χ2v) is 10.7. The number of imidazole rings is 2. The summed E-state index contributed by atoms with van der Waals surface area (Å²) in [6, 6.07) is 42.6. The third kappa shape index (κ3) is 5.92. The van der Waals surface area contributed by atoms with Gasteiger partial charge in [-0.2, -0.15) is 5.10 Å². The van der Waals surface area contributed by atoms with Crippen molar-refractivity contribution in [2.24, 2.45) is 0 Å². The van der Waals surface area contributed by atoms with Crippen molar-refractivity contribution < 1.29 is 9.13 Å². The Balaban J connectivity index is 1.07. The molecule has 210 valence electrons. The fourth-order valence-electron chi connectivity index (χ4n) is 5.74. The molecule has 0 radical (unpaired) electrons. The zero-order valence-corrected chi connectivity index (χ0v) is 23.8. The van der Waals surface area contributed by atoms with E-state index in [9.17, 15) is 0 Å². The summed E-state index contributed by atoms with van der Waals surface area (Å²) < 4.78 is 8.75. The molecule has 0 aliphatic carbocycles. The molecule has 7 nitrogen and oxygen atoms in total. The smallest absolute Gasteiger partial charge is 0.244 e. The van der Waals surface area contributed by atoms with Crippen LogP contribution in [0.1, 0.15) is 46.0 Å². The monoisotopic (exact) mass is 563 g/mol. The molecule has 7 heteroatoms. The Morgan fingerprint density at radius 2 is 0.930 bits per heavy atom. The zero-order chi connectivity index (χ0) is 28.8. The van der Waals surface area contributed by atoms with Gasteiger partial charge in [-0.3, -0.25) is 5.10 Å². The van der Waals surface area contributed by atoms with Crippen LogP contribution in [0.5, 0.6) is 0 Å². The third-order valence-electron chi connectivity index (χ3n) is 7.72. The summed E-state index contributed by atoms with van der Waals surface area (Å²) in [6.07, 6.45) is 12.7. The number of nitrogens with one attached hydrogen (secondary N) is 1. The Kier molecular flexibility index (Phi) is 7.43. The van der Waals surface area contributed by atoms with Gasteiger partial charge < -0.3 is 0 Å². The third-order valence-corrected chi connectivity index (χ3v) is 7.72. The van der Waals surface area contributed by atoms with E-state index in [4.69, 9.17) is 4.98 Å². The second kappa shape index (κ2) is 12.1. The number of hydrogen-bond acceptors (Lipinski definition) is 2. The molecule has 4 aromatic carbocycles. The van der Waals surface area contributed by atoms with Crippen molar-refractivity contribution in [3.63, 3.8) is 0 Å². The normalized spacial score (nSPS) is 11.4. The van der Waals surface area contributed by atoms with Gasteiger partial charge in [0.15, 0.2) is 30.3 Å². The zero-order valence-electron chi connectivity index (χ0n) is 23.8. The molecule has 0 aliphatic heterocycles. The summed E-state index contributed by atoms with van der Waals surface area (Å²) >= 11 is 0. The van der Waals surface area contributed by atoms with Crippen LogP contribution in [-0.4, -0.2) is 24.3 Å². The second-order valence-electron chi connectivity index (χ2n) is 10.7. The fraction of sp³-hybridized carbons (Fsp3) is 0.111. The first kappa shape index (κ1) is 26.3. The van der Waals surface area contributed by atoms with Gasteiger partial charge in [0, 0.05) is 22.3 Å². The van der Waals surface area contributed by atoms with E-state index in [1.165, 1.54) is 22.3 Å². The molecule has 0 fully saturated rings. The lowest BCUT2D eigenvalue weighted by Crippen LogP contribution is -2.33. The Morgan fingerprint density at radius 1 is 0.535 bits per heavy atom. The highest BCUT2D eigenvalue weighted by Crippen LogP contribution is 2.27. The van der Waals surface area contributed by atoms with Gasteiger partial charge in [0.1, 0.15) is 31.3 Å². The molecule has 0 saturated carbocycles. The molecule has 0 bridgehead atoms. The standard InChI is InChI=1S/C36H33N7/c1-5-13-29(14-6-1)35(30-15-7-2-8-16-30)42-23-21-40(27-42)25-33-37-34(39-38-33)26-41-22-24-43(28-41)36(31-17-9-3-10-18-31)32-19-11-4-12-20-32/h1-24,27-28,35-36H,25-26H2,(H,37,38,39)/q+2. The molecule has 0 saturated heterocycles. The quantitative estimate of drug-likeness (QED) is 0.228. The Hall–Kier alpha value is -5.56. The van der Waals surface area contributed by atoms with Crippen LogP contribution in [0, 0.1) is 0 Å². The van der Waals surface area contributed by atoms with E-state index >= 15 is 0 Å². The average molecular weight is 564 g/mol. The lowest BCUT2D eigenvalue weighted by molar-refractivity contribution is -0.689. The number of nitrogens with zero attached hydrogens (tertiary/aromatic N) is 6. The summed E-state index contributed by atoms with van der Waals surface area (Å²) in [5.74, 6) is 1.57. The van der Waals surface area contributed by atoms with Crippen LogP contribution in [0.15, 0.2) is 159 Å². The van der Waals surface area contributed by atoms with Crippen molar-refractivity contribution in [1.29, 1.82) is 0 Å². The number of rotatable bonds is 10. The van der Waals surface area contributed by atoms with Gasteiger partial charge in [-0.15, -0.1) is 0 Å². The molecule has 43 heavy (non-hydrogen) atoms. The van der Waals surface area contributed by atoms with Gasteiger partial charge in [0.25, 0.3) is 0 Å². The Bertz CT molecular complexity index is 1660. The van der Waals surface area contributed by atoms with Gasteiger partial charge in [-0.25, -0.2) is 23.3 Å². The lowest BCUT2D eigenvalue weighted by Gasteiger charge is -2.14. The Morgan fingerprint density at radius 3 is 1.35 bits per heavy atom. The SMILES string of the molecule is c1ccc(C(c2ccccc2)n2cc[n+](Cc3n[nH]c(C[n+]4ccn(C(c5ccccc5)c5ccccc5)c4)n3)c2)cc1. The van der Waals surface area contributed by atoms with Crippen LogP contribution in [0.25, 0.3) is 0 Å². The van der Waals surface area contributed by atoms with Crippen LogP contribution in [0.3, 0.4) is 0 Å². The lowest BCUT2D eigenvalue weighted by atomic mass is 9.99. The van der Waals surface area contributed by atoms with Gasteiger partial charge in [0.2, 0.25) is 12.7 Å². The summed E-state index contributed by atoms with van der Waals surface area (Å²) in [7, 11) is 0. The molecule has 0 aliphatic rings. The number of benzene rings is 4. The Labute approximate surface area is 251 Å². The van der Waals surface area contributed by atoms with Gasteiger partial charge in [0.05, 0.1) is 0 Å². The molecule has 3 aromatic heterocycles. The van der Waals surface area contributed by atoms with E-state index in [1.807, 2.05) is 0 Å². The maximum Gasteiger partial charge on any atom is 0.244 e. The van der Waals surface area contributed by atoms with Gasteiger partial charge in [-0.05, 0) is 0 Å². The molecule has 7 rings (SSSR count). The average Bonchev–Trinajstić information content (AvgIpc) is 3.83. The largest absolute Gasteiger partial charge is 0.260 e. The molecule has 1 N–H and O–H groups in total. The van der Waals surface area contributed by atoms with Crippen molar-refractivity contribution >= 4 is 0 Å². The van der Waals surface area contributed by atoms with Crippen LogP contribution in [0.4, 0.5) is 0 Å². The van der Waals surface area contributed by atoms with Crippen molar-refractivity contribution in [1.82, 2.24) is 24.3 Å². The molecule has 0 atom stereocenters. The summed E-state index contributed by atoms with van der Waals surface area (Å²) in [6.45, 7) is 1.18. The minimum absolute atomic E-state index is 0.0855. The van der Waals surface area contributed by atoms with E-state index in [0.717, 1.165) is 11.6 Å². The number of aromatic nitrogens is 7. The van der Waals surface area contributed by atoms with E-state index in [1.54, 1.807) is 0 Å². The first-order valence-electron chi connectivity index (χ1n) is 14.5. The minimum Gasteiger partial charge on any atom is -0.260 e. The molecule has 0 amide bonds.